The molecule has 3 rings (SSSR count). The monoisotopic (exact) mass is 388 g/mol. The zero-order chi connectivity index (χ0) is 18.6. The molecule has 1 aromatic heterocycles. The molecule has 0 bridgehead atoms. The molecule has 0 saturated heterocycles. The smallest absolute Gasteiger partial charge is 0.240 e. The summed E-state index contributed by atoms with van der Waals surface area (Å²) in [4.78, 5) is 4.15. The lowest BCUT2D eigenvalue weighted by atomic mass is 10.1. The van der Waals surface area contributed by atoms with Gasteiger partial charge in [-0.1, -0.05) is 35.9 Å². The predicted molar refractivity (Wildman–Crippen MR) is 102 cm³/mol. The van der Waals surface area contributed by atoms with Crippen LogP contribution < -0.4 is 9.46 Å². The first-order valence-electron chi connectivity index (χ1n) is 7.82. The first kappa shape index (κ1) is 18.4. The van der Waals surface area contributed by atoms with Crippen molar-refractivity contribution < 1.29 is 13.2 Å². The number of rotatable bonds is 6. The van der Waals surface area contributed by atoms with Gasteiger partial charge in [-0.3, -0.25) is 4.98 Å². The summed E-state index contributed by atoms with van der Waals surface area (Å²) in [7, 11) is -2.12. The fourth-order valence-electron chi connectivity index (χ4n) is 2.46. The molecule has 7 heteroatoms. The van der Waals surface area contributed by atoms with Crippen molar-refractivity contribution in [3.05, 3.63) is 77.6 Å². The number of benzene rings is 2. The molecule has 3 aromatic rings. The van der Waals surface area contributed by atoms with Gasteiger partial charge >= 0.3 is 0 Å². The summed E-state index contributed by atoms with van der Waals surface area (Å²) in [6.07, 6.45) is 3.14. The Morgan fingerprint density at radius 3 is 2.23 bits per heavy atom. The van der Waals surface area contributed by atoms with Gasteiger partial charge in [0.05, 0.1) is 18.2 Å². The normalized spacial score (nSPS) is 11.3. The average Bonchev–Trinajstić information content (AvgIpc) is 2.67. The van der Waals surface area contributed by atoms with Gasteiger partial charge in [0.1, 0.15) is 5.75 Å². The number of halogens is 1. The zero-order valence-electron chi connectivity index (χ0n) is 14.0. The highest BCUT2D eigenvalue weighted by molar-refractivity contribution is 7.89. The number of nitrogens with one attached hydrogen (secondary N) is 1. The topological polar surface area (TPSA) is 68.3 Å². The number of methoxy groups -OCH3 is 1. The van der Waals surface area contributed by atoms with E-state index in [4.69, 9.17) is 16.3 Å². The molecule has 5 nitrogen and oxygen atoms in total. The van der Waals surface area contributed by atoms with Crippen LogP contribution in [-0.2, 0) is 16.6 Å². The van der Waals surface area contributed by atoms with Crippen LogP contribution in [0.25, 0.3) is 11.1 Å². The van der Waals surface area contributed by atoms with Gasteiger partial charge in [-0.15, -0.1) is 0 Å². The first-order valence-corrected chi connectivity index (χ1v) is 9.68. The van der Waals surface area contributed by atoms with Crippen LogP contribution in [0, 0.1) is 0 Å². The van der Waals surface area contributed by atoms with Crippen molar-refractivity contribution >= 4 is 21.6 Å². The highest BCUT2D eigenvalue weighted by atomic mass is 35.5. The van der Waals surface area contributed by atoms with Gasteiger partial charge < -0.3 is 4.74 Å². The van der Waals surface area contributed by atoms with Crippen LogP contribution in [0.1, 0.15) is 5.56 Å². The number of pyridine rings is 1. The van der Waals surface area contributed by atoms with Crippen LogP contribution in [-0.4, -0.2) is 20.5 Å². The molecule has 0 aliphatic heterocycles. The minimum absolute atomic E-state index is 0.118. The van der Waals surface area contributed by atoms with Crippen LogP contribution in [0.15, 0.2) is 71.9 Å². The molecule has 0 aliphatic rings. The van der Waals surface area contributed by atoms with E-state index in [0.717, 1.165) is 11.1 Å². The third kappa shape index (κ3) is 4.22. The summed E-state index contributed by atoms with van der Waals surface area (Å²) in [5.74, 6) is 0.535. The van der Waals surface area contributed by atoms with Gasteiger partial charge in [0, 0.05) is 23.3 Å². The van der Waals surface area contributed by atoms with Crippen LogP contribution in [0.2, 0.25) is 5.02 Å². The molecule has 1 N–H and O–H groups in total. The molecule has 0 radical (unpaired) electrons. The van der Waals surface area contributed by atoms with E-state index in [-0.39, 0.29) is 11.4 Å². The molecule has 0 saturated carbocycles. The Bertz CT molecular complexity index is 988. The Balaban J connectivity index is 1.76. The van der Waals surface area contributed by atoms with Crippen molar-refractivity contribution in [1.29, 1.82) is 0 Å². The Hall–Kier alpha value is -2.41. The van der Waals surface area contributed by atoms with E-state index in [1.807, 2.05) is 12.1 Å². The summed E-state index contributed by atoms with van der Waals surface area (Å²) in [6, 6.07) is 15.8. The molecular formula is C19H17ClN2O3S. The van der Waals surface area contributed by atoms with Crippen molar-refractivity contribution in [2.75, 3.05) is 7.11 Å². The molecule has 134 valence electrons. The number of aromatic nitrogens is 1. The molecule has 0 aliphatic carbocycles. The van der Waals surface area contributed by atoms with E-state index in [0.29, 0.717) is 16.3 Å². The van der Waals surface area contributed by atoms with Gasteiger partial charge in [-0.25, -0.2) is 13.1 Å². The lowest BCUT2D eigenvalue weighted by molar-refractivity contribution is 0.407. The maximum atomic E-state index is 12.5. The van der Waals surface area contributed by atoms with Crippen LogP contribution in [0.3, 0.4) is 0 Å². The van der Waals surface area contributed by atoms with Crippen LogP contribution in [0.4, 0.5) is 0 Å². The van der Waals surface area contributed by atoms with Crippen LogP contribution >= 0.6 is 11.6 Å². The highest BCUT2D eigenvalue weighted by Crippen LogP contribution is 2.23. The molecule has 2 aromatic carbocycles. The number of hydrogen-bond acceptors (Lipinski definition) is 4. The fourth-order valence-corrected chi connectivity index (χ4v) is 3.60. The summed E-state index contributed by atoms with van der Waals surface area (Å²) < 4.78 is 32.8. The minimum Gasteiger partial charge on any atom is -0.495 e. The summed E-state index contributed by atoms with van der Waals surface area (Å²) >= 11 is 5.89. The SMILES string of the molecule is COc1cnccc1CNS(=O)(=O)c1ccc(-c2ccc(Cl)cc2)cc1. The Kier molecular flexibility index (Phi) is 5.56. The third-order valence-electron chi connectivity index (χ3n) is 3.88. The number of sulfonamides is 1. The van der Waals surface area contributed by atoms with E-state index in [1.165, 1.54) is 7.11 Å². The third-order valence-corrected chi connectivity index (χ3v) is 5.55. The maximum absolute atomic E-state index is 12.5. The number of ether oxygens (including phenoxy) is 1. The van der Waals surface area contributed by atoms with Gasteiger partial charge in [0.15, 0.2) is 0 Å². The predicted octanol–water partition coefficient (Wildman–Crippen LogP) is 3.89. The van der Waals surface area contributed by atoms with Gasteiger partial charge in [0.2, 0.25) is 10.0 Å². The van der Waals surface area contributed by atoms with Gasteiger partial charge in [0.25, 0.3) is 0 Å². The minimum atomic E-state index is -3.64. The lowest BCUT2D eigenvalue weighted by Crippen LogP contribution is -2.23. The maximum Gasteiger partial charge on any atom is 0.240 e. The number of nitrogens with zero attached hydrogens (tertiary/aromatic N) is 1. The summed E-state index contributed by atoms with van der Waals surface area (Å²) in [6.45, 7) is 0.118. The second-order valence-corrected chi connectivity index (χ2v) is 7.75. The second kappa shape index (κ2) is 7.86. The van der Waals surface area contributed by atoms with Crippen molar-refractivity contribution in [2.45, 2.75) is 11.4 Å². The molecular weight excluding hydrogens is 372 g/mol. The van der Waals surface area contributed by atoms with Crippen molar-refractivity contribution in [2.24, 2.45) is 0 Å². The fraction of sp³-hybridized carbons (Fsp3) is 0.105. The Morgan fingerprint density at radius 1 is 1.00 bits per heavy atom. The number of hydrogen-bond donors (Lipinski definition) is 1. The van der Waals surface area contributed by atoms with Gasteiger partial charge in [-0.2, -0.15) is 0 Å². The van der Waals surface area contributed by atoms with Gasteiger partial charge in [-0.05, 0) is 41.5 Å². The van der Waals surface area contributed by atoms with E-state index in [9.17, 15) is 8.42 Å². The second-order valence-electron chi connectivity index (χ2n) is 5.54. The summed E-state index contributed by atoms with van der Waals surface area (Å²) in [5, 5.41) is 0.656. The largest absolute Gasteiger partial charge is 0.495 e. The zero-order valence-corrected chi connectivity index (χ0v) is 15.6. The average molecular weight is 389 g/mol. The van der Waals surface area contributed by atoms with E-state index < -0.39 is 10.0 Å². The molecule has 0 spiro atoms. The lowest BCUT2D eigenvalue weighted by Gasteiger charge is -2.10. The highest BCUT2D eigenvalue weighted by Gasteiger charge is 2.15. The molecule has 0 atom stereocenters. The van der Waals surface area contributed by atoms with Crippen LogP contribution in [0.5, 0.6) is 5.75 Å². The standard InChI is InChI=1S/C19H17ClN2O3S/c1-25-19-13-21-11-10-16(19)12-22-26(23,24)18-8-4-15(5-9-18)14-2-6-17(20)7-3-14/h2-11,13,22H,12H2,1H3. The molecule has 26 heavy (non-hydrogen) atoms. The quantitative estimate of drug-likeness (QED) is 0.695. The molecule has 0 fully saturated rings. The van der Waals surface area contributed by atoms with Crippen molar-refractivity contribution in [1.82, 2.24) is 9.71 Å². The van der Waals surface area contributed by atoms with E-state index in [1.54, 1.807) is 54.9 Å². The summed E-state index contributed by atoms with van der Waals surface area (Å²) in [5.41, 5.74) is 2.59. The molecule has 1 heterocycles. The van der Waals surface area contributed by atoms with E-state index in [2.05, 4.69) is 9.71 Å². The van der Waals surface area contributed by atoms with E-state index >= 15 is 0 Å². The Labute approximate surface area is 157 Å². The van der Waals surface area contributed by atoms with Crippen molar-refractivity contribution in [3.8, 4) is 16.9 Å². The molecule has 0 unspecified atom stereocenters. The first-order chi connectivity index (χ1) is 12.5. The molecule has 0 amide bonds. The van der Waals surface area contributed by atoms with Crippen molar-refractivity contribution in [3.63, 3.8) is 0 Å². The Morgan fingerprint density at radius 2 is 1.62 bits per heavy atom.